The Morgan fingerprint density at radius 3 is 2.52 bits per heavy atom. The molecule has 1 aromatic carbocycles. The lowest BCUT2D eigenvalue weighted by Crippen LogP contribution is -2.36. The highest BCUT2D eigenvalue weighted by Gasteiger charge is 2.46. The maximum atomic E-state index is 12.6. The van der Waals surface area contributed by atoms with E-state index in [4.69, 9.17) is 16.3 Å². The molecule has 0 aliphatic heterocycles. The van der Waals surface area contributed by atoms with Crippen molar-refractivity contribution in [1.82, 2.24) is 0 Å². The normalized spacial score (nSPS) is 33.5. The molecule has 2 nitrogen and oxygen atoms in total. The largest absolute Gasteiger partial charge is 0.462 e. The molecule has 0 unspecified atom stereocenters. The zero-order chi connectivity index (χ0) is 16.6. The van der Waals surface area contributed by atoms with E-state index in [2.05, 4.69) is 20.8 Å². The molecule has 5 atom stereocenters. The molecule has 2 saturated carbocycles. The third-order valence-electron chi connectivity index (χ3n) is 5.62. The molecule has 0 bridgehead atoms. The first-order valence-electron chi connectivity index (χ1n) is 8.91. The molecule has 2 aliphatic rings. The minimum Gasteiger partial charge on any atom is -0.462 e. The maximum absolute atomic E-state index is 12.6. The van der Waals surface area contributed by atoms with E-state index in [-0.39, 0.29) is 18.0 Å². The van der Waals surface area contributed by atoms with E-state index in [9.17, 15) is 4.79 Å². The zero-order valence-electron chi connectivity index (χ0n) is 14.3. The van der Waals surface area contributed by atoms with Crippen molar-refractivity contribution in [2.75, 3.05) is 0 Å². The number of benzene rings is 1. The topological polar surface area (TPSA) is 26.3 Å². The van der Waals surface area contributed by atoms with Crippen LogP contribution in [0.2, 0.25) is 5.02 Å². The van der Waals surface area contributed by atoms with Gasteiger partial charge in [0.05, 0.1) is 5.92 Å². The molecule has 0 N–H and O–H groups in total. The van der Waals surface area contributed by atoms with Gasteiger partial charge in [0.25, 0.3) is 0 Å². The third kappa shape index (κ3) is 3.91. The van der Waals surface area contributed by atoms with Gasteiger partial charge in [-0.05, 0) is 60.6 Å². The van der Waals surface area contributed by atoms with E-state index in [1.165, 1.54) is 18.4 Å². The number of halogens is 1. The molecule has 0 spiro atoms. The Morgan fingerprint density at radius 1 is 1.17 bits per heavy atom. The molecule has 23 heavy (non-hydrogen) atoms. The van der Waals surface area contributed by atoms with Gasteiger partial charge in [0, 0.05) is 5.02 Å². The molecule has 3 rings (SSSR count). The summed E-state index contributed by atoms with van der Waals surface area (Å²) in [5.41, 5.74) is 1.20. The number of carbonyl (C=O) groups is 1. The van der Waals surface area contributed by atoms with Crippen LogP contribution in [-0.2, 0) is 9.53 Å². The predicted molar refractivity (Wildman–Crippen MR) is 93.5 cm³/mol. The van der Waals surface area contributed by atoms with Gasteiger partial charge in [0.2, 0.25) is 0 Å². The average Bonchev–Trinajstić information content (AvgIpc) is 3.28. The van der Waals surface area contributed by atoms with Crippen molar-refractivity contribution in [3.05, 3.63) is 34.9 Å². The van der Waals surface area contributed by atoms with Crippen LogP contribution in [-0.4, -0.2) is 12.1 Å². The highest BCUT2D eigenvalue weighted by Crippen LogP contribution is 2.49. The van der Waals surface area contributed by atoms with E-state index >= 15 is 0 Å². The van der Waals surface area contributed by atoms with E-state index in [0.717, 1.165) is 17.9 Å². The third-order valence-corrected chi connectivity index (χ3v) is 5.87. The highest BCUT2D eigenvalue weighted by molar-refractivity contribution is 6.30. The monoisotopic (exact) mass is 334 g/mol. The lowest BCUT2D eigenvalue weighted by molar-refractivity contribution is -0.157. The Hall–Kier alpha value is -1.02. The van der Waals surface area contributed by atoms with Crippen LogP contribution in [0, 0.1) is 23.7 Å². The van der Waals surface area contributed by atoms with Crippen molar-refractivity contribution < 1.29 is 9.53 Å². The number of ether oxygens (including phenoxy) is 1. The first kappa shape index (κ1) is 16.8. The van der Waals surface area contributed by atoms with Crippen LogP contribution < -0.4 is 0 Å². The van der Waals surface area contributed by atoms with Crippen molar-refractivity contribution in [1.29, 1.82) is 0 Å². The molecule has 2 aliphatic carbocycles. The molecule has 2 fully saturated rings. The minimum atomic E-state index is 0.00898. The lowest BCUT2D eigenvalue weighted by atomic mass is 9.75. The Labute approximate surface area is 144 Å². The van der Waals surface area contributed by atoms with Crippen LogP contribution in [0.3, 0.4) is 0 Å². The quantitative estimate of drug-likeness (QED) is 0.684. The number of hydrogen-bond donors (Lipinski definition) is 0. The van der Waals surface area contributed by atoms with Crippen LogP contribution in [0.15, 0.2) is 24.3 Å². The molecule has 3 heteroatoms. The molecular formula is C20H27ClO2. The predicted octanol–water partition coefficient (Wildman–Crippen LogP) is 5.45. The smallest absolute Gasteiger partial charge is 0.309 e. The fraction of sp³-hybridized carbons (Fsp3) is 0.650. The molecule has 0 aromatic heterocycles. The summed E-state index contributed by atoms with van der Waals surface area (Å²) in [5.74, 6) is 2.12. The maximum Gasteiger partial charge on any atom is 0.309 e. The molecule has 1 aromatic rings. The number of carbonyl (C=O) groups excluding carboxylic acids is 1. The summed E-state index contributed by atoms with van der Waals surface area (Å²) in [7, 11) is 0. The lowest BCUT2D eigenvalue weighted by Gasteiger charge is -2.36. The van der Waals surface area contributed by atoms with E-state index in [0.29, 0.717) is 23.7 Å². The summed E-state index contributed by atoms with van der Waals surface area (Å²) < 4.78 is 5.97. The fourth-order valence-electron chi connectivity index (χ4n) is 4.02. The van der Waals surface area contributed by atoms with Crippen molar-refractivity contribution in [3.63, 3.8) is 0 Å². The molecule has 126 valence electrons. The minimum absolute atomic E-state index is 0.00898. The van der Waals surface area contributed by atoms with Crippen molar-refractivity contribution in [2.24, 2.45) is 23.7 Å². The van der Waals surface area contributed by atoms with Crippen LogP contribution in [0.4, 0.5) is 0 Å². The van der Waals surface area contributed by atoms with Gasteiger partial charge in [-0.15, -0.1) is 0 Å². The van der Waals surface area contributed by atoms with E-state index in [1.807, 2.05) is 24.3 Å². The van der Waals surface area contributed by atoms with Gasteiger partial charge < -0.3 is 4.74 Å². The van der Waals surface area contributed by atoms with Crippen LogP contribution in [0.5, 0.6) is 0 Å². The number of hydrogen-bond acceptors (Lipinski definition) is 2. The highest BCUT2D eigenvalue weighted by atomic mass is 35.5. The molecule has 0 heterocycles. The summed E-state index contributed by atoms with van der Waals surface area (Å²) in [4.78, 5) is 12.6. The molecular weight excluding hydrogens is 308 g/mol. The standard InChI is InChI=1S/C20H27ClO2/c1-12(2)16-9-4-13(3)10-19(16)23-20(22)18-11-17(18)14-5-7-15(21)8-6-14/h5-8,12-13,16-19H,4,9-11H2,1-3H3/t13-,16+,17+,18-,19-/m0/s1. The van der Waals surface area contributed by atoms with Gasteiger partial charge in [-0.3, -0.25) is 4.79 Å². The van der Waals surface area contributed by atoms with Crippen molar-refractivity contribution in [3.8, 4) is 0 Å². The van der Waals surface area contributed by atoms with Gasteiger partial charge in [0.1, 0.15) is 6.10 Å². The van der Waals surface area contributed by atoms with Crippen LogP contribution in [0.1, 0.15) is 57.9 Å². The molecule has 0 saturated heterocycles. The van der Waals surface area contributed by atoms with Crippen molar-refractivity contribution in [2.45, 2.75) is 58.5 Å². The van der Waals surface area contributed by atoms with Gasteiger partial charge in [-0.25, -0.2) is 0 Å². The van der Waals surface area contributed by atoms with E-state index < -0.39 is 0 Å². The zero-order valence-corrected chi connectivity index (χ0v) is 15.1. The molecule has 0 radical (unpaired) electrons. The van der Waals surface area contributed by atoms with Gasteiger partial charge in [0.15, 0.2) is 0 Å². The number of esters is 1. The van der Waals surface area contributed by atoms with Gasteiger partial charge >= 0.3 is 5.97 Å². The molecule has 0 amide bonds. The first-order valence-corrected chi connectivity index (χ1v) is 9.29. The summed E-state index contributed by atoms with van der Waals surface area (Å²) in [6.45, 7) is 6.76. The summed E-state index contributed by atoms with van der Waals surface area (Å²) in [5, 5.41) is 0.740. The summed E-state index contributed by atoms with van der Waals surface area (Å²) in [6.07, 6.45) is 4.48. The summed E-state index contributed by atoms with van der Waals surface area (Å²) in [6, 6.07) is 7.85. The SMILES string of the molecule is CC(C)[C@H]1CC[C@H](C)C[C@@H]1OC(=O)[C@H]1C[C@@H]1c1ccc(Cl)cc1. The second-order valence-corrected chi connectivity index (χ2v) is 8.24. The summed E-state index contributed by atoms with van der Waals surface area (Å²) >= 11 is 5.93. The number of rotatable bonds is 4. The Bertz CT molecular complexity index is 551. The van der Waals surface area contributed by atoms with Crippen LogP contribution >= 0.6 is 11.6 Å². The van der Waals surface area contributed by atoms with Gasteiger partial charge in [-0.2, -0.15) is 0 Å². The second kappa shape index (κ2) is 6.84. The Morgan fingerprint density at radius 2 is 1.87 bits per heavy atom. The van der Waals surface area contributed by atoms with Crippen molar-refractivity contribution >= 4 is 17.6 Å². The second-order valence-electron chi connectivity index (χ2n) is 7.80. The Balaban J connectivity index is 1.59. The first-order chi connectivity index (χ1) is 11.0. The van der Waals surface area contributed by atoms with Crippen LogP contribution in [0.25, 0.3) is 0 Å². The Kier molecular flexibility index (Phi) is 5.01. The fourth-order valence-corrected chi connectivity index (χ4v) is 4.15. The van der Waals surface area contributed by atoms with Gasteiger partial charge in [-0.1, -0.05) is 50.9 Å². The van der Waals surface area contributed by atoms with E-state index in [1.54, 1.807) is 0 Å². The average molecular weight is 335 g/mol.